The fraction of sp³-hybridized carbons (Fsp3) is 0.500. The number of benzene rings is 1. The molecule has 1 N–H and O–H groups in total. The molecule has 1 aromatic rings. The van der Waals surface area contributed by atoms with Crippen molar-refractivity contribution < 1.29 is 13.2 Å². The van der Waals surface area contributed by atoms with Gasteiger partial charge in [-0.05, 0) is 43.5 Å². The molecule has 1 saturated heterocycles. The molecule has 0 saturated carbocycles. The molecule has 0 atom stereocenters. The lowest BCUT2D eigenvalue weighted by atomic mass is 9.87. The van der Waals surface area contributed by atoms with Crippen LogP contribution in [0.3, 0.4) is 0 Å². The van der Waals surface area contributed by atoms with Crippen molar-refractivity contribution in [2.75, 3.05) is 13.1 Å². The van der Waals surface area contributed by atoms with Gasteiger partial charge in [0.05, 0.1) is 10.6 Å². The van der Waals surface area contributed by atoms with Crippen LogP contribution in [-0.2, 0) is 6.18 Å². The van der Waals surface area contributed by atoms with Crippen LogP contribution in [0.4, 0.5) is 13.2 Å². The maximum Gasteiger partial charge on any atom is 0.418 e. The van der Waals surface area contributed by atoms with Gasteiger partial charge in [-0.2, -0.15) is 13.2 Å². The number of alkyl halides is 3. The van der Waals surface area contributed by atoms with Gasteiger partial charge < -0.3 is 5.32 Å². The smallest absolute Gasteiger partial charge is 0.317 e. The van der Waals surface area contributed by atoms with Gasteiger partial charge in [-0.15, -0.1) is 0 Å². The van der Waals surface area contributed by atoms with E-state index >= 15 is 0 Å². The van der Waals surface area contributed by atoms with Gasteiger partial charge in [0, 0.05) is 0 Å². The third-order valence-electron chi connectivity index (χ3n) is 3.11. The Morgan fingerprint density at radius 2 is 1.82 bits per heavy atom. The van der Waals surface area contributed by atoms with Gasteiger partial charge in [-0.3, -0.25) is 0 Å². The molecule has 0 aliphatic carbocycles. The highest BCUT2D eigenvalue weighted by Gasteiger charge is 2.37. The molecule has 0 aromatic heterocycles. The molecule has 0 radical (unpaired) electrons. The van der Waals surface area contributed by atoms with Crippen LogP contribution in [0.25, 0.3) is 0 Å². The van der Waals surface area contributed by atoms with Crippen molar-refractivity contribution >= 4 is 11.6 Å². The predicted octanol–water partition coefficient (Wildman–Crippen LogP) is 3.83. The summed E-state index contributed by atoms with van der Waals surface area (Å²) in [5, 5.41) is 2.94. The summed E-state index contributed by atoms with van der Waals surface area (Å²) in [5.41, 5.74) is -0.319. The number of piperidine rings is 1. The number of hydrogen-bond donors (Lipinski definition) is 1. The second-order valence-corrected chi connectivity index (χ2v) is 4.63. The summed E-state index contributed by atoms with van der Waals surface area (Å²) in [7, 11) is 0. The number of hydrogen-bond acceptors (Lipinski definition) is 1. The van der Waals surface area contributed by atoms with Gasteiger partial charge in [0.2, 0.25) is 0 Å². The first-order valence-corrected chi connectivity index (χ1v) is 5.94. The van der Waals surface area contributed by atoms with Crippen molar-refractivity contribution in [1.29, 1.82) is 0 Å². The molecule has 17 heavy (non-hydrogen) atoms. The molecule has 2 rings (SSSR count). The summed E-state index contributed by atoms with van der Waals surface area (Å²) >= 11 is 5.70. The number of nitrogens with one attached hydrogen (secondary N) is 1. The first kappa shape index (κ1) is 12.7. The fourth-order valence-electron chi connectivity index (χ4n) is 2.31. The van der Waals surface area contributed by atoms with E-state index in [0.29, 0.717) is 5.56 Å². The molecule has 0 amide bonds. The van der Waals surface area contributed by atoms with Crippen molar-refractivity contribution in [1.82, 2.24) is 5.32 Å². The number of rotatable bonds is 1. The molecule has 0 bridgehead atoms. The first-order valence-electron chi connectivity index (χ1n) is 5.56. The van der Waals surface area contributed by atoms with Crippen LogP contribution in [0.15, 0.2) is 18.2 Å². The second kappa shape index (κ2) is 4.86. The Hall–Kier alpha value is -0.740. The summed E-state index contributed by atoms with van der Waals surface area (Å²) in [4.78, 5) is 0. The van der Waals surface area contributed by atoms with Crippen LogP contribution in [0.2, 0.25) is 5.02 Å². The van der Waals surface area contributed by atoms with Gasteiger partial charge in [-0.1, -0.05) is 23.7 Å². The zero-order valence-electron chi connectivity index (χ0n) is 9.15. The minimum atomic E-state index is -4.38. The van der Waals surface area contributed by atoms with Crippen LogP contribution < -0.4 is 5.32 Å². The Bertz CT molecular complexity index is 397. The first-order chi connectivity index (χ1) is 8.00. The molecule has 1 aromatic carbocycles. The lowest BCUT2D eigenvalue weighted by Crippen LogP contribution is -2.28. The van der Waals surface area contributed by atoms with E-state index in [9.17, 15) is 13.2 Å². The Morgan fingerprint density at radius 1 is 1.18 bits per heavy atom. The van der Waals surface area contributed by atoms with Gasteiger partial charge in [0.15, 0.2) is 0 Å². The van der Waals surface area contributed by atoms with Gasteiger partial charge in [0.25, 0.3) is 0 Å². The highest BCUT2D eigenvalue weighted by Crippen LogP contribution is 2.41. The van der Waals surface area contributed by atoms with E-state index in [0.717, 1.165) is 25.9 Å². The third-order valence-corrected chi connectivity index (χ3v) is 3.42. The van der Waals surface area contributed by atoms with E-state index in [-0.39, 0.29) is 10.9 Å². The van der Waals surface area contributed by atoms with Crippen LogP contribution in [0.1, 0.15) is 29.9 Å². The monoisotopic (exact) mass is 263 g/mol. The summed E-state index contributed by atoms with van der Waals surface area (Å²) in [6, 6.07) is 4.44. The zero-order valence-corrected chi connectivity index (χ0v) is 9.91. The third kappa shape index (κ3) is 2.75. The quantitative estimate of drug-likeness (QED) is 0.812. The van der Waals surface area contributed by atoms with Crippen molar-refractivity contribution in [3.63, 3.8) is 0 Å². The van der Waals surface area contributed by atoms with Crippen molar-refractivity contribution in [2.24, 2.45) is 0 Å². The predicted molar refractivity (Wildman–Crippen MR) is 61.3 cm³/mol. The maximum absolute atomic E-state index is 13.0. The average molecular weight is 264 g/mol. The largest absolute Gasteiger partial charge is 0.418 e. The lowest BCUT2D eigenvalue weighted by Gasteiger charge is -2.26. The molecule has 1 aliphatic heterocycles. The molecular formula is C12H13ClF3N. The lowest BCUT2D eigenvalue weighted by molar-refractivity contribution is -0.138. The van der Waals surface area contributed by atoms with E-state index in [1.54, 1.807) is 12.1 Å². The maximum atomic E-state index is 13.0. The van der Waals surface area contributed by atoms with Gasteiger partial charge in [0.1, 0.15) is 0 Å². The second-order valence-electron chi connectivity index (χ2n) is 4.23. The van der Waals surface area contributed by atoms with Crippen molar-refractivity contribution in [2.45, 2.75) is 24.9 Å². The van der Waals surface area contributed by atoms with Crippen molar-refractivity contribution in [3.8, 4) is 0 Å². The Morgan fingerprint density at radius 3 is 2.41 bits per heavy atom. The molecular weight excluding hydrogens is 251 g/mol. The summed E-state index contributed by atoms with van der Waals surface area (Å²) < 4.78 is 38.9. The van der Waals surface area contributed by atoms with E-state index < -0.39 is 11.7 Å². The Labute approximate surface area is 103 Å². The van der Waals surface area contributed by atoms with E-state index in [1.807, 2.05) is 0 Å². The molecule has 0 unspecified atom stereocenters. The minimum absolute atomic E-state index is 0.0495. The average Bonchev–Trinajstić information content (AvgIpc) is 2.28. The molecule has 1 heterocycles. The van der Waals surface area contributed by atoms with E-state index in [2.05, 4.69) is 5.32 Å². The SMILES string of the molecule is FC(F)(F)c1c(Cl)cccc1C1CCNCC1. The minimum Gasteiger partial charge on any atom is -0.317 e. The van der Waals surface area contributed by atoms with Crippen LogP contribution in [0, 0.1) is 0 Å². The summed E-state index contributed by atoms with van der Waals surface area (Å²) in [5.74, 6) is -0.0495. The van der Waals surface area contributed by atoms with Crippen LogP contribution in [-0.4, -0.2) is 13.1 Å². The van der Waals surface area contributed by atoms with Crippen LogP contribution >= 0.6 is 11.6 Å². The normalized spacial score (nSPS) is 18.4. The standard InChI is InChI=1S/C12H13ClF3N/c13-10-3-1-2-9(11(10)12(14,15)16)8-4-6-17-7-5-8/h1-3,8,17H,4-7H2. The highest BCUT2D eigenvalue weighted by molar-refractivity contribution is 6.31. The van der Waals surface area contributed by atoms with Crippen LogP contribution in [0.5, 0.6) is 0 Å². The Kier molecular flexibility index (Phi) is 3.64. The van der Waals surface area contributed by atoms with Crippen molar-refractivity contribution in [3.05, 3.63) is 34.3 Å². The van der Waals surface area contributed by atoms with E-state index in [1.165, 1.54) is 6.07 Å². The van der Waals surface area contributed by atoms with E-state index in [4.69, 9.17) is 11.6 Å². The molecule has 1 fully saturated rings. The highest BCUT2D eigenvalue weighted by atomic mass is 35.5. The molecule has 94 valence electrons. The zero-order chi connectivity index (χ0) is 12.5. The molecule has 1 nitrogen and oxygen atoms in total. The molecule has 5 heteroatoms. The fourth-order valence-corrected chi connectivity index (χ4v) is 2.60. The number of halogens is 4. The topological polar surface area (TPSA) is 12.0 Å². The molecule has 1 aliphatic rings. The summed E-state index contributed by atoms with van der Waals surface area (Å²) in [6.07, 6.45) is -2.93. The van der Waals surface area contributed by atoms with Gasteiger partial charge >= 0.3 is 6.18 Å². The summed E-state index contributed by atoms with van der Waals surface area (Å²) in [6.45, 7) is 1.52. The molecule has 0 spiro atoms. The van der Waals surface area contributed by atoms with Gasteiger partial charge in [-0.25, -0.2) is 0 Å². The Balaban J connectivity index is 2.42.